The zero-order valence-corrected chi connectivity index (χ0v) is 20.3. The third kappa shape index (κ3) is 4.83. The second-order valence-corrected chi connectivity index (χ2v) is 9.99. The fourth-order valence-electron chi connectivity index (χ4n) is 4.93. The normalized spacial score (nSPS) is 19.0. The summed E-state index contributed by atoms with van der Waals surface area (Å²) in [6, 6.07) is 12.0. The molecule has 34 heavy (non-hydrogen) atoms. The fourth-order valence-corrected chi connectivity index (χ4v) is 5.83. The number of benzene rings is 1. The number of nitrogens with zero attached hydrogens (tertiary/aromatic N) is 2. The van der Waals surface area contributed by atoms with Gasteiger partial charge < -0.3 is 24.3 Å². The van der Waals surface area contributed by atoms with Gasteiger partial charge in [-0.25, -0.2) is 0 Å². The Morgan fingerprint density at radius 1 is 1.18 bits per heavy atom. The maximum Gasteiger partial charge on any atom is 0.270 e. The Hall–Kier alpha value is -2.84. The van der Waals surface area contributed by atoms with Crippen LogP contribution in [0.4, 0.5) is 0 Å². The number of hydrogen-bond donors (Lipinski definition) is 1. The van der Waals surface area contributed by atoms with Crippen molar-refractivity contribution in [2.75, 3.05) is 33.4 Å². The van der Waals surface area contributed by atoms with Crippen LogP contribution in [0.3, 0.4) is 0 Å². The van der Waals surface area contributed by atoms with E-state index in [0.29, 0.717) is 44.7 Å². The van der Waals surface area contributed by atoms with E-state index in [4.69, 9.17) is 9.47 Å². The van der Waals surface area contributed by atoms with Gasteiger partial charge >= 0.3 is 0 Å². The molecule has 0 saturated carbocycles. The largest absolute Gasteiger partial charge is 0.497 e. The van der Waals surface area contributed by atoms with Gasteiger partial charge in [-0.1, -0.05) is 12.1 Å². The number of fused-ring (bicyclic) bond motifs is 1. The van der Waals surface area contributed by atoms with E-state index < -0.39 is 0 Å². The van der Waals surface area contributed by atoms with Crippen LogP contribution in [0.15, 0.2) is 41.8 Å². The van der Waals surface area contributed by atoms with Gasteiger partial charge in [0.2, 0.25) is 5.91 Å². The second-order valence-electron chi connectivity index (χ2n) is 9.10. The highest BCUT2D eigenvalue weighted by Gasteiger charge is 2.30. The predicted octanol–water partition coefficient (Wildman–Crippen LogP) is 3.91. The summed E-state index contributed by atoms with van der Waals surface area (Å²) in [6.45, 7) is 3.17. The van der Waals surface area contributed by atoms with Crippen LogP contribution < -0.4 is 10.1 Å². The molecule has 2 aliphatic heterocycles. The third-order valence-electron chi connectivity index (χ3n) is 6.88. The number of aromatic nitrogens is 1. The monoisotopic (exact) mass is 481 g/mol. The summed E-state index contributed by atoms with van der Waals surface area (Å²) in [6.07, 6.45) is 3.61. The average molecular weight is 482 g/mol. The zero-order valence-electron chi connectivity index (χ0n) is 19.5. The van der Waals surface area contributed by atoms with Gasteiger partial charge in [0.1, 0.15) is 16.3 Å². The van der Waals surface area contributed by atoms with Gasteiger partial charge in [-0.15, -0.1) is 11.3 Å². The summed E-state index contributed by atoms with van der Waals surface area (Å²) in [5.41, 5.74) is 1.78. The molecular formula is C26H31N3O4S. The number of piperidine rings is 1. The van der Waals surface area contributed by atoms with Crippen LogP contribution in [0.5, 0.6) is 5.75 Å². The molecule has 0 radical (unpaired) electrons. The highest BCUT2D eigenvalue weighted by atomic mass is 32.1. The van der Waals surface area contributed by atoms with Gasteiger partial charge in [0.05, 0.1) is 13.2 Å². The number of methoxy groups -OCH3 is 1. The van der Waals surface area contributed by atoms with Crippen molar-refractivity contribution < 1.29 is 19.1 Å². The van der Waals surface area contributed by atoms with Crippen molar-refractivity contribution in [1.82, 2.24) is 14.8 Å². The van der Waals surface area contributed by atoms with Crippen molar-refractivity contribution in [2.45, 2.75) is 38.3 Å². The van der Waals surface area contributed by atoms with Crippen molar-refractivity contribution in [3.05, 3.63) is 53.0 Å². The van der Waals surface area contributed by atoms with Crippen LogP contribution in [0, 0.1) is 5.92 Å². The van der Waals surface area contributed by atoms with E-state index in [2.05, 4.69) is 27.4 Å². The summed E-state index contributed by atoms with van der Waals surface area (Å²) in [7, 11) is 1.66. The zero-order chi connectivity index (χ0) is 23.5. The molecule has 2 saturated heterocycles. The summed E-state index contributed by atoms with van der Waals surface area (Å²) in [5, 5.41) is 6.19. The lowest BCUT2D eigenvalue weighted by Gasteiger charge is -2.31. The first-order valence-electron chi connectivity index (χ1n) is 12.0. The van der Waals surface area contributed by atoms with Crippen LogP contribution in [0.1, 0.15) is 41.7 Å². The summed E-state index contributed by atoms with van der Waals surface area (Å²) < 4.78 is 13.1. The number of carbonyl (C=O) groups is 2. The topological polar surface area (TPSA) is 72.8 Å². The van der Waals surface area contributed by atoms with E-state index in [0.717, 1.165) is 41.0 Å². The quantitative estimate of drug-likeness (QED) is 0.555. The van der Waals surface area contributed by atoms with Crippen LogP contribution in [0.25, 0.3) is 10.2 Å². The highest BCUT2D eigenvalue weighted by molar-refractivity contribution is 7.16. The molecule has 0 spiro atoms. The minimum Gasteiger partial charge on any atom is -0.497 e. The van der Waals surface area contributed by atoms with Crippen molar-refractivity contribution in [1.29, 1.82) is 0 Å². The molecule has 2 amide bonds. The maximum atomic E-state index is 13.5. The molecule has 1 N–H and O–H groups in total. The third-order valence-corrected chi connectivity index (χ3v) is 7.83. The Balaban J connectivity index is 1.25. The summed E-state index contributed by atoms with van der Waals surface area (Å²) in [4.78, 5) is 29.1. The van der Waals surface area contributed by atoms with Crippen molar-refractivity contribution in [3.63, 3.8) is 0 Å². The Bertz CT molecular complexity index is 1160. The Morgan fingerprint density at radius 2 is 2.03 bits per heavy atom. The van der Waals surface area contributed by atoms with Crippen LogP contribution in [-0.2, 0) is 16.1 Å². The van der Waals surface area contributed by atoms with Crippen LogP contribution in [0.2, 0.25) is 0 Å². The molecule has 8 heteroatoms. The number of hydrogen-bond acceptors (Lipinski definition) is 5. The molecule has 2 fully saturated rings. The van der Waals surface area contributed by atoms with Gasteiger partial charge in [-0.2, -0.15) is 0 Å². The van der Waals surface area contributed by atoms with E-state index in [1.54, 1.807) is 18.4 Å². The van der Waals surface area contributed by atoms with Crippen molar-refractivity contribution in [2.24, 2.45) is 5.92 Å². The molecule has 4 heterocycles. The first-order chi connectivity index (χ1) is 16.6. The number of rotatable bonds is 7. The highest BCUT2D eigenvalue weighted by Crippen LogP contribution is 2.29. The van der Waals surface area contributed by atoms with Crippen LogP contribution in [-0.4, -0.2) is 60.7 Å². The molecular weight excluding hydrogens is 450 g/mol. The lowest BCUT2D eigenvalue weighted by molar-refractivity contribution is -0.126. The number of amides is 2. The maximum absolute atomic E-state index is 13.5. The molecule has 0 bridgehead atoms. The molecule has 5 rings (SSSR count). The van der Waals surface area contributed by atoms with E-state index in [-0.39, 0.29) is 23.8 Å². The molecule has 180 valence electrons. The Kier molecular flexibility index (Phi) is 6.87. The molecule has 1 atom stereocenters. The molecule has 1 aromatic carbocycles. The second kappa shape index (κ2) is 10.2. The van der Waals surface area contributed by atoms with Gasteiger partial charge in [0, 0.05) is 44.1 Å². The minimum absolute atomic E-state index is 0.0320. The summed E-state index contributed by atoms with van der Waals surface area (Å²) in [5.74, 6) is 0.881. The fraction of sp³-hybridized carbons (Fsp3) is 0.462. The van der Waals surface area contributed by atoms with Gasteiger partial charge in [0.25, 0.3) is 5.91 Å². The van der Waals surface area contributed by atoms with E-state index >= 15 is 0 Å². The predicted molar refractivity (Wildman–Crippen MR) is 133 cm³/mol. The number of ether oxygens (including phenoxy) is 2. The van der Waals surface area contributed by atoms with E-state index in [1.807, 2.05) is 29.2 Å². The number of carbonyl (C=O) groups excluding carboxylic acids is 2. The molecule has 0 unspecified atom stereocenters. The Labute approximate surface area is 203 Å². The molecule has 0 aliphatic carbocycles. The number of thiophene rings is 1. The first-order valence-corrected chi connectivity index (χ1v) is 12.9. The Morgan fingerprint density at radius 3 is 2.79 bits per heavy atom. The van der Waals surface area contributed by atoms with E-state index in [1.165, 1.54) is 0 Å². The summed E-state index contributed by atoms with van der Waals surface area (Å²) >= 11 is 1.65. The SMILES string of the molecule is COc1cccc(Cn2c(C(=O)N3CCC(C(=O)NC[C@@H]4CCCO4)CC3)cc3ccsc32)c1. The average Bonchev–Trinajstić information content (AvgIpc) is 3.62. The lowest BCUT2D eigenvalue weighted by Crippen LogP contribution is -2.44. The molecule has 2 aliphatic rings. The van der Waals surface area contributed by atoms with Gasteiger partial charge in [0.15, 0.2) is 0 Å². The van der Waals surface area contributed by atoms with Crippen molar-refractivity contribution in [3.8, 4) is 5.75 Å². The van der Waals surface area contributed by atoms with Crippen molar-refractivity contribution >= 4 is 33.4 Å². The molecule has 3 aromatic rings. The number of likely N-dealkylation sites (tertiary alicyclic amines) is 1. The van der Waals surface area contributed by atoms with Gasteiger partial charge in [-0.05, 0) is 60.9 Å². The molecule has 7 nitrogen and oxygen atoms in total. The molecule has 2 aromatic heterocycles. The number of nitrogens with one attached hydrogen (secondary N) is 1. The standard InChI is InChI=1S/C26H31N3O4S/c1-32-21-5-2-4-18(14-21)17-29-23(15-20-9-13-34-26(20)29)25(31)28-10-7-19(8-11-28)24(30)27-16-22-6-3-12-33-22/h2,4-5,9,13-15,19,22H,3,6-8,10-12,16-17H2,1H3,(H,27,30)/t22-/m0/s1. The lowest BCUT2D eigenvalue weighted by atomic mass is 9.95. The first kappa shape index (κ1) is 22.9. The van der Waals surface area contributed by atoms with Gasteiger partial charge in [-0.3, -0.25) is 9.59 Å². The smallest absolute Gasteiger partial charge is 0.270 e. The minimum atomic E-state index is -0.0440. The van der Waals surface area contributed by atoms with E-state index in [9.17, 15) is 9.59 Å². The van der Waals surface area contributed by atoms with Crippen LogP contribution >= 0.6 is 11.3 Å².